The van der Waals surface area contributed by atoms with Crippen LogP contribution in [0.4, 0.5) is 0 Å². The molecule has 0 radical (unpaired) electrons. The highest BCUT2D eigenvalue weighted by Gasteiger charge is 2.27. The molecular weight excluding hydrogens is 318 g/mol. The van der Waals surface area contributed by atoms with E-state index in [4.69, 9.17) is 4.74 Å². The van der Waals surface area contributed by atoms with Gasteiger partial charge in [-0.25, -0.2) is 0 Å². The van der Waals surface area contributed by atoms with Crippen molar-refractivity contribution in [3.63, 3.8) is 0 Å². The van der Waals surface area contributed by atoms with Crippen LogP contribution in [-0.4, -0.2) is 30.9 Å². The van der Waals surface area contributed by atoms with E-state index >= 15 is 0 Å². The van der Waals surface area contributed by atoms with Gasteiger partial charge in [-0.15, -0.1) is 0 Å². The van der Waals surface area contributed by atoms with Crippen molar-refractivity contribution in [3.05, 3.63) is 28.2 Å². The van der Waals surface area contributed by atoms with Crippen LogP contribution in [0.2, 0.25) is 0 Å². The van der Waals surface area contributed by atoms with Gasteiger partial charge < -0.3 is 15.2 Å². The van der Waals surface area contributed by atoms with Gasteiger partial charge >= 0.3 is 0 Å². The Bertz CT molecular complexity index is 438. The molecule has 2 N–H and O–H groups in total. The Hall–Kier alpha value is -0.580. The molecule has 0 fully saturated rings. The van der Waals surface area contributed by atoms with E-state index in [9.17, 15) is 5.11 Å². The number of nitrogens with one attached hydrogen (secondary N) is 1. The maximum Gasteiger partial charge on any atom is 0.123 e. The molecule has 1 atom stereocenters. The van der Waals surface area contributed by atoms with Gasteiger partial charge in [0.15, 0.2) is 0 Å². The van der Waals surface area contributed by atoms with Gasteiger partial charge in [-0.1, -0.05) is 29.8 Å². The Morgan fingerprint density at radius 3 is 2.80 bits per heavy atom. The molecule has 1 aliphatic rings. The summed E-state index contributed by atoms with van der Waals surface area (Å²) in [5, 5.41) is 13.0. The van der Waals surface area contributed by atoms with Crippen molar-refractivity contribution in [2.45, 2.75) is 39.2 Å². The maximum atomic E-state index is 9.56. The molecule has 0 aromatic heterocycles. The first-order chi connectivity index (χ1) is 9.62. The molecule has 0 saturated heterocycles. The van der Waals surface area contributed by atoms with Crippen molar-refractivity contribution in [1.29, 1.82) is 0 Å². The molecule has 3 nitrogen and oxygen atoms in total. The Morgan fingerprint density at radius 2 is 2.15 bits per heavy atom. The number of ether oxygens (including phenoxy) is 1. The van der Waals surface area contributed by atoms with E-state index in [1.54, 1.807) is 0 Å². The largest absolute Gasteiger partial charge is 0.488 e. The topological polar surface area (TPSA) is 41.5 Å². The van der Waals surface area contributed by atoms with Crippen LogP contribution in [0.3, 0.4) is 0 Å². The Kier molecular flexibility index (Phi) is 5.47. The van der Waals surface area contributed by atoms with Crippen molar-refractivity contribution < 1.29 is 9.84 Å². The molecule has 1 unspecified atom stereocenters. The molecule has 0 bridgehead atoms. The summed E-state index contributed by atoms with van der Waals surface area (Å²) in [5.41, 5.74) is 1.28. The van der Waals surface area contributed by atoms with Crippen molar-refractivity contribution in [1.82, 2.24) is 5.32 Å². The molecule has 0 saturated carbocycles. The Morgan fingerprint density at radius 1 is 1.40 bits per heavy atom. The fraction of sp³-hybridized carbons (Fsp3) is 0.625. The molecule has 4 heteroatoms. The first-order valence-corrected chi connectivity index (χ1v) is 8.18. The van der Waals surface area contributed by atoms with E-state index in [0.717, 1.165) is 42.6 Å². The van der Waals surface area contributed by atoms with Gasteiger partial charge in [-0.05, 0) is 36.6 Å². The van der Waals surface area contributed by atoms with Crippen LogP contribution in [0.1, 0.15) is 32.3 Å². The van der Waals surface area contributed by atoms with Crippen molar-refractivity contribution in [2.75, 3.05) is 19.7 Å². The average Bonchev–Trinajstić information content (AvgIpc) is 2.86. The minimum Gasteiger partial charge on any atom is -0.488 e. The highest BCUT2D eigenvalue weighted by molar-refractivity contribution is 9.10. The molecule has 2 rings (SSSR count). The number of hydrogen-bond donors (Lipinski definition) is 2. The third kappa shape index (κ3) is 3.54. The number of hydrogen-bond acceptors (Lipinski definition) is 3. The lowest BCUT2D eigenvalue weighted by atomic mass is 9.83. The SMILES string of the molecule is CCC(CC)(CO)CNCC1Cc2cc(Br)ccc2O1. The highest BCUT2D eigenvalue weighted by atomic mass is 79.9. The summed E-state index contributed by atoms with van der Waals surface area (Å²) in [4.78, 5) is 0. The summed E-state index contributed by atoms with van der Waals surface area (Å²) in [6, 6.07) is 6.17. The van der Waals surface area contributed by atoms with E-state index in [1.807, 2.05) is 12.1 Å². The van der Waals surface area contributed by atoms with Crippen LogP contribution in [0.5, 0.6) is 5.75 Å². The smallest absolute Gasteiger partial charge is 0.123 e. The number of fused-ring (bicyclic) bond motifs is 1. The van der Waals surface area contributed by atoms with Crippen LogP contribution in [0.15, 0.2) is 22.7 Å². The minimum absolute atomic E-state index is 0.00842. The quantitative estimate of drug-likeness (QED) is 0.800. The predicted octanol–water partition coefficient (Wildman–Crippen LogP) is 3.14. The Labute approximate surface area is 129 Å². The summed E-state index contributed by atoms with van der Waals surface area (Å²) in [5.74, 6) is 0.999. The number of benzene rings is 1. The van der Waals surface area contributed by atoms with Gasteiger partial charge in [0.25, 0.3) is 0 Å². The van der Waals surface area contributed by atoms with Crippen LogP contribution in [0.25, 0.3) is 0 Å². The summed E-state index contributed by atoms with van der Waals surface area (Å²) in [7, 11) is 0. The summed E-state index contributed by atoms with van der Waals surface area (Å²) in [6.45, 7) is 6.19. The lowest BCUT2D eigenvalue weighted by Crippen LogP contribution is -2.40. The van der Waals surface area contributed by atoms with Crippen molar-refractivity contribution in [2.24, 2.45) is 5.41 Å². The first kappa shape index (κ1) is 15.8. The standard InChI is InChI=1S/C16H24BrNO2/c1-3-16(4-2,11-19)10-18-9-14-8-12-7-13(17)5-6-15(12)20-14/h5-7,14,18-19H,3-4,8-11H2,1-2H3. The van der Waals surface area contributed by atoms with Gasteiger partial charge in [0.2, 0.25) is 0 Å². The molecular formula is C16H24BrNO2. The number of halogens is 1. The second kappa shape index (κ2) is 6.92. The second-order valence-corrected chi connectivity index (χ2v) is 6.61. The summed E-state index contributed by atoms with van der Waals surface area (Å²) >= 11 is 3.49. The fourth-order valence-electron chi connectivity index (χ4n) is 2.68. The van der Waals surface area contributed by atoms with E-state index < -0.39 is 0 Å². The van der Waals surface area contributed by atoms with Crippen molar-refractivity contribution in [3.8, 4) is 5.75 Å². The number of rotatable bonds is 7. The third-order valence-electron chi connectivity index (χ3n) is 4.47. The molecule has 1 aliphatic heterocycles. The van der Waals surface area contributed by atoms with Crippen molar-refractivity contribution >= 4 is 15.9 Å². The lowest BCUT2D eigenvalue weighted by molar-refractivity contribution is 0.108. The predicted molar refractivity (Wildman–Crippen MR) is 85.2 cm³/mol. The Balaban J connectivity index is 1.83. The highest BCUT2D eigenvalue weighted by Crippen LogP contribution is 2.31. The third-order valence-corrected chi connectivity index (χ3v) is 4.96. The van der Waals surface area contributed by atoms with Crippen LogP contribution in [-0.2, 0) is 6.42 Å². The van der Waals surface area contributed by atoms with Crippen LogP contribution < -0.4 is 10.1 Å². The zero-order valence-electron chi connectivity index (χ0n) is 12.3. The molecule has 112 valence electrons. The molecule has 1 heterocycles. The van der Waals surface area contributed by atoms with E-state index in [2.05, 4.69) is 41.2 Å². The molecule has 0 amide bonds. The summed E-state index contributed by atoms with van der Waals surface area (Å²) < 4.78 is 7.03. The fourth-order valence-corrected chi connectivity index (χ4v) is 3.09. The van der Waals surface area contributed by atoms with Gasteiger partial charge in [0, 0.05) is 36.0 Å². The van der Waals surface area contributed by atoms with E-state index in [0.29, 0.717) is 0 Å². The normalized spacial score (nSPS) is 17.9. The zero-order chi connectivity index (χ0) is 14.6. The maximum absolute atomic E-state index is 9.56. The average molecular weight is 342 g/mol. The molecule has 1 aromatic carbocycles. The lowest BCUT2D eigenvalue weighted by Gasteiger charge is -2.30. The molecule has 20 heavy (non-hydrogen) atoms. The molecule has 0 aliphatic carbocycles. The van der Waals surface area contributed by atoms with Gasteiger partial charge in [0.1, 0.15) is 11.9 Å². The van der Waals surface area contributed by atoms with Gasteiger partial charge in [-0.2, -0.15) is 0 Å². The first-order valence-electron chi connectivity index (χ1n) is 7.39. The molecule has 1 aromatic rings. The minimum atomic E-state index is 0.00842. The van der Waals surface area contributed by atoms with Gasteiger partial charge in [0.05, 0.1) is 0 Å². The zero-order valence-corrected chi connectivity index (χ0v) is 13.9. The van der Waals surface area contributed by atoms with Crippen LogP contribution >= 0.6 is 15.9 Å². The number of aliphatic hydroxyl groups is 1. The summed E-state index contributed by atoms with van der Waals surface area (Å²) in [6.07, 6.45) is 3.13. The van der Waals surface area contributed by atoms with Gasteiger partial charge in [-0.3, -0.25) is 0 Å². The second-order valence-electron chi connectivity index (χ2n) is 5.69. The molecule has 0 spiro atoms. The van der Waals surface area contributed by atoms with E-state index in [1.165, 1.54) is 5.56 Å². The number of aliphatic hydroxyl groups excluding tert-OH is 1. The monoisotopic (exact) mass is 341 g/mol. The van der Waals surface area contributed by atoms with E-state index in [-0.39, 0.29) is 18.1 Å². The van der Waals surface area contributed by atoms with Crippen LogP contribution in [0, 0.1) is 5.41 Å².